The van der Waals surface area contributed by atoms with E-state index in [1.165, 1.54) is 7.11 Å². The Kier molecular flexibility index (Phi) is 5.20. The van der Waals surface area contributed by atoms with Gasteiger partial charge in [-0.2, -0.15) is 5.26 Å². The number of nitriles is 1. The topological polar surface area (TPSA) is 62.6 Å². The van der Waals surface area contributed by atoms with Gasteiger partial charge in [-0.15, -0.1) is 0 Å². The molecule has 0 spiro atoms. The summed E-state index contributed by atoms with van der Waals surface area (Å²) in [7, 11) is 1.52. The first-order chi connectivity index (χ1) is 12.2. The van der Waals surface area contributed by atoms with Gasteiger partial charge in [-0.3, -0.25) is 4.79 Å². The standard InChI is InChI=1S/C20H20N2O3/c1-24-19-12-16(13-21)9-10-17(19)25-18-8-5-11-22(20(18)23)14-15-6-3-2-4-7-15/h2-4,6-7,9-10,12,18H,5,8,11,14H2,1H3/t18-/m0/s1. The quantitative estimate of drug-likeness (QED) is 0.841. The molecule has 5 nitrogen and oxygen atoms in total. The summed E-state index contributed by atoms with van der Waals surface area (Å²) >= 11 is 0. The van der Waals surface area contributed by atoms with Gasteiger partial charge >= 0.3 is 0 Å². The van der Waals surface area contributed by atoms with Gasteiger partial charge in [-0.25, -0.2) is 0 Å². The molecule has 2 aromatic carbocycles. The fraction of sp³-hybridized carbons (Fsp3) is 0.300. The third-order valence-corrected chi connectivity index (χ3v) is 4.26. The number of hydrogen-bond acceptors (Lipinski definition) is 4. The maximum absolute atomic E-state index is 12.8. The van der Waals surface area contributed by atoms with Crippen molar-refractivity contribution in [2.45, 2.75) is 25.5 Å². The Bertz CT molecular complexity index is 783. The van der Waals surface area contributed by atoms with E-state index in [9.17, 15) is 4.79 Å². The summed E-state index contributed by atoms with van der Waals surface area (Å²) < 4.78 is 11.2. The summed E-state index contributed by atoms with van der Waals surface area (Å²) in [5.41, 5.74) is 1.59. The molecule has 0 N–H and O–H groups in total. The van der Waals surface area contributed by atoms with Crippen molar-refractivity contribution in [3.63, 3.8) is 0 Å². The van der Waals surface area contributed by atoms with E-state index in [1.807, 2.05) is 35.2 Å². The van der Waals surface area contributed by atoms with Crippen LogP contribution in [0.5, 0.6) is 11.5 Å². The van der Waals surface area contributed by atoms with Gasteiger partial charge in [-0.05, 0) is 30.5 Å². The second-order valence-corrected chi connectivity index (χ2v) is 5.97. The molecule has 1 atom stereocenters. The van der Waals surface area contributed by atoms with Gasteiger partial charge in [0.25, 0.3) is 5.91 Å². The van der Waals surface area contributed by atoms with Crippen molar-refractivity contribution in [2.24, 2.45) is 0 Å². The summed E-state index contributed by atoms with van der Waals surface area (Å²) in [4.78, 5) is 14.6. The van der Waals surface area contributed by atoms with Crippen molar-refractivity contribution in [3.05, 3.63) is 59.7 Å². The molecular weight excluding hydrogens is 316 g/mol. The highest BCUT2D eigenvalue weighted by atomic mass is 16.5. The molecule has 25 heavy (non-hydrogen) atoms. The van der Waals surface area contributed by atoms with Gasteiger partial charge in [0.1, 0.15) is 0 Å². The molecule has 1 saturated heterocycles. The van der Waals surface area contributed by atoms with Crippen LogP contribution in [0.4, 0.5) is 0 Å². The van der Waals surface area contributed by atoms with Gasteiger partial charge in [-0.1, -0.05) is 30.3 Å². The average Bonchev–Trinajstić information content (AvgIpc) is 2.66. The molecule has 0 aromatic heterocycles. The van der Waals surface area contributed by atoms with Crippen molar-refractivity contribution < 1.29 is 14.3 Å². The van der Waals surface area contributed by atoms with Crippen molar-refractivity contribution in [2.75, 3.05) is 13.7 Å². The van der Waals surface area contributed by atoms with Crippen molar-refractivity contribution >= 4 is 5.91 Å². The fourth-order valence-corrected chi connectivity index (χ4v) is 2.96. The van der Waals surface area contributed by atoms with Crippen molar-refractivity contribution in [1.82, 2.24) is 4.90 Å². The Morgan fingerprint density at radius 2 is 2.00 bits per heavy atom. The first-order valence-electron chi connectivity index (χ1n) is 8.29. The van der Waals surface area contributed by atoms with Crippen LogP contribution in [-0.4, -0.2) is 30.6 Å². The third kappa shape index (κ3) is 3.92. The predicted octanol–water partition coefficient (Wildman–Crippen LogP) is 3.14. The van der Waals surface area contributed by atoms with Gasteiger partial charge in [0.05, 0.1) is 18.7 Å². The van der Waals surface area contributed by atoms with E-state index in [1.54, 1.807) is 18.2 Å². The third-order valence-electron chi connectivity index (χ3n) is 4.26. The molecule has 1 aliphatic rings. The van der Waals surface area contributed by atoms with Gasteiger partial charge < -0.3 is 14.4 Å². The van der Waals surface area contributed by atoms with E-state index in [0.29, 0.717) is 30.0 Å². The normalized spacial score (nSPS) is 17.0. The lowest BCUT2D eigenvalue weighted by atomic mass is 10.1. The highest BCUT2D eigenvalue weighted by Crippen LogP contribution is 2.30. The Morgan fingerprint density at radius 1 is 1.20 bits per heavy atom. The fourth-order valence-electron chi connectivity index (χ4n) is 2.96. The largest absolute Gasteiger partial charge is 0.493 e. The van der Waals surface area contributed by atoms with E-state index in [2.05, 4.69) is 6.07 Å². The zero-order chi connectivity index (χ0) is 17.6. The summed E-state index contributed by atoms with van der Waals surface area (Å²) in [5.74, 6) is 0.940. The highest BCUT2D eigenvalue weighted by Gasteiger charge is 2.31. The van der Waals surface area contributed by atoms with Gasteiger partial charge in [0.2, 0.25) is 0 Å². The molecule has 1 aliphatic heterocycles. The summed E-state index contributed by atoms with van der Waals surface area (Å²) in [6.07, 6.45) is 1.04. The SMILES string of the molecule is COc1cc(C#N)ccc1O[C@H]1CCCN(Cc2ccccc2)C1=O. The molecule has 1 heterocycles. The number of methoxy groups -OCH3 is 1. The first kappa shape index (κ1) is 16.8. The number of carbonyl (C=O) groups excluding carboxylic acids is 1. The molecule has 0 bridgehead atoms. The highest BCUT2D eigenvalue weighted by molar-refractivity contribution is 5.82. The Morgan fingerprint density at radius 3 is 2.72 bits per heavy atom. The van der Waals surface area contributed by atoms with Crippen LogP contribution in [0.15, 0.2) is 48.5 Å². The number of amides is 1. The number of nitrogens with zero attached hydrogens (tertiary/aromatic N) is 2. The second-order valence-electron chi connectivity index (χ2n) is 5.97. The molecule has 2 aromatic rings. The molecule has 0 radical (unpaired) electrons. The van der Waals surface area contributed by atoms with Crippen molar-refractivity contribution in [1.29, 1.82) is 5.26 Å². The van der Waals surface area contributed by atoms with Crippen molar-refractivity contribution in [3.8, 4) is 17.6 Å². The minimum Gasteiger partial charge on any atom is -0.493 e. The molecule has 0 saturated carbocycles. The first-order valence-corrected chi connectivity index (χ1v) is 8.29. The van der Waals surface area contributed by atoms with E-state index < -0.39 is 6.10 Å². The van der Waals surface area contributed by atoms with Crippen LogP contribution in [0.25, 0.3) is 0 Å². The number of hydrogen-bond donors (Lipinski definition) is 0. The maximum atomic E-state index is 12.8. The minimum absolute atomic E-state index is 0.0125. The Labute approximate surface area is 147 Å². The number of piperidine rings is 1. The predicted molar refractivity (Wildman–Crippen MR) is 93.2 cm³/mol. The maximum Gasteiger partial charge on any atom is 0.263 e. The molecular formula is C20H20N2O3. The summed E-state index contributed by atoms with van der Waals surface area (Å²) in [6.45, 7) is 1.32. The van der Waals surface area contributed by atoms with E-state index in [4.69, 9.17) is 14.7 Å². The number of carbonyl (C=O) groups is 1. The lowest BCUT2D eigenvalue weighted by molar-refractivity contribution is -0.142. The van der Waals surface area contributed by atoms with Crippen LogP contribution in [0, 0.1) is 11.3 Å². The van der Waals surface area contributed by atoms with Crippen LogP contribution >= 0.6 is 0 Å². The number of likely N-dealkylation sites (tertiary alicyclic amines) is 1. The monoisotopic (exact) mass is 336 g/mol. The molecule has 0 unspecified atom stereocenters. The van der Waals surface area contributed by atoms with E-state index in [-0.39, 0.29) is 5.91 Å². The van der Waals surface area contributed by atoms with E-state index in [0.717, 1.165) is 18.5 Å². The Balaban J connectivity index is 1.72. The zero-order valence-electron chi connectivity index (χ0n) is 14.1. The van der Waals surface area contributed by atoms with E-state index >= 15 is 0 Å². The van der Waals surface area contributed by atoms with Gasteiger partial charge in [0, 0.05) is 19.2 Å². The lowest BCUT2D eigenvalue weighted by Gasteiger charge is -2.32. The van der Waals surface area contributed by atoms with Crippen LogP contribution in [0.1, 0.15) is 24.0 Å². The lowest BCUT2D eigenvalue weighted by Crippen LogP contribution is -2.46. The Hall–Kier alpha value is -3.00. The molecule has 5 heteroatoms. The van der Waals surface area contributed by atoms with Crippen LogP contribution in [0.3, 0.4) is 0 Å². The molecule has 1 fully saturated rings. The second kappa shape index (κ2) is 7.71. The zero-order valence-corrected chi connectivity index (χ0v) is 14.1. The molecule has 1 amide bonds. The summed E-state index contributed by atoms with van der Waals surface area (Å²) in [6, 6.07) is 17.0. The average molecular weight is 336 g/mol. The van der Waals surface area contributed by atoms with Crippen LogP contribution in [-0.2, 0) is 11.3 Å². The smallest absolute Gasteiger partial charge is 0.263 e. The summed E-state index contributed by atoms with van der Waals surface area (Å²) in [5, 5.41) is 8.98. The number of ether oxygens (including phenoxy) is 2. The van der Waals surface area contributed by atoms with Crippen LogP contribution < -0.4 is 9.47 Å². The number of rotatable bonds is 5. The molecule has 3 rings (SSSR count). The molecule has 0 aliphatic carbocycles. The minimum atomic E-state index is -0.528. The van der Waals surface area contributed by atoms with Gasteiger partial charge in [0.15, 0.2) is 17.6 Å². The van der Waals surface area contributed by atoms with Crippen LogP contribution in [0.2, 0.25) is 0 Å². The number of benzene rings is 2. The molecule has 128 valence electrons.